The molecule has 90 valence electrons. The highest BCUT2D eigenvalue weighted by Crippen LogP contribution is 2.42. The molecule has 0 aromatic carbocycles. The summed E-state index contributed by atoms with van der Waals surface area (Å²) in [5, 5.41) is 13.5. The molecule has 0 aromatic heterocycles. The van der Waals surface area contributed by atoms with E-state index in [-0.39, 0.29) is 5.60 Å². The third kappa shape index (κ3) is 3.76. The third-order valence-electron chi connectivity index (χ3n) is 3.98. The molecule has 1 saturated carbocycles. The Kier molecular flexibility index (Phi) is 4.19. The second kappa shape index (κ2) is 4.84. The SMILES string of the molecule is CNCCC1(O)CCC(C(C)(C)C)CC1. The lowest BCUT2D eigenvalue weighted by molar-refractivity contribution is -0.0304. The molecule has 0 radical (unpaired) electrons. The maximum absolute atomic E-state index is 10.3. The molecule has 2 heteroatoms. The molecule has 1 fully saturated rings. The zero-order valence-corrected chi connectivity index (χ0v) is 10.8. The predicted octanol–water partition coefficient (Wildman–Crippen LogP) is 2.56. The lowest BCUT2D eigenvalue weighted by atomic mass is 9.68. The Balaban J connectivity index is 2.41. The fraction of sp³-hybridized carbons (Fsp3) is 1.00. The highest BCUT2D eigenvalue weighted by molar-refractivity contribution is 4.89. The first-order chi connectivity index (χ1) is 6.87. The van der Waals surface area contributed by atoms with Crippen LogP contribution >= 0.6 is 0 Å². The van der Waals surface area contributed by atoms with Gasteiger partial charge in [-0.15, -0.1) is 0 Å². The number of aliphatic hydroxyl groups is 1. The highest BCUT2D eigenvalue weighted by atomic mass is 16.3. The third-order valence-corrected chi connectivity index (χ3v) is 3.98. The van der Waals surface area contributed by atoms with Gasteiger partial charge in [0, 0.05) is 0 Å². The summed E-state index contributed by atoms with van der Waals surface area (Å²) in [5.41, 5.74) is 0.0229. The molecule has 0 unspecified atom stereocenters. The average molecular weight is 213 g/mol. The second-order valence-electron chi connectivity index (χ2n) is 6.22. The van der Waals surface area contributed by atoms with Crippen molar-refractivity contribution in [1.82, 2.24) is 5.32 Å². The first-order valence-corrected chi connectivity index (χ1v) is 6.24. The van der Waals surface area contributed by atoms with Crippen molar-refractivity contribution in [3.05, 3.63) is 0 Å². The van der Waals surface area contributed by atoms with Crippen molar-refractivity contribution in [3.8, 4) is 0 Å². The smallest absolute Gasteiger partial charge is 0.0660 e. The number of rotatable bonds is 3. The van der Waals surface area contributed by atoms with Crippen LogP contribution in [0.1, 0.15) is 52.9 Å². The standard InChI is InChI=1S/C13H27NO/c1-12(2,3)11-5-7-13(15,8-6-11)9-10-14-4/h11,14-15H,5-10H2,1-4H3. The maximum atomic E-state index is 10.3. The Morgan fingerprint density at radius 2 is 1.80 bits per heavy atom. The van der Waals surface area contributed by atoms with Gasteiger partial charge in [-0.1, -0.05) is 20.8 Å². The molecule has 2 nitrogen and oxygen atoms in total. The van der Waals surface area contributed by atoms with Crippen molar-refractivity contribution >= 4 is 0 Å². The zero-order valence-electron chi connectivity index (χ0n) is 10.8. The second-order valence-corrected chi connectivity index (χ2v) is 6.22. The van der Waals surface area contributed by atoms with Crippen LogP contribution in [-0.2, 0) is 0 Å². The molecule has 1 aliphatic carbocycles. The largest absolute Gasteiger partial charge is 0.390 e. The Bertz CT molecular complexity index is 187. The van der Waals surface area contributed by atoms with Crippen LogP contribution in [0.3, 0.4) is 0 Å². The van der Waals surface area contributed by atoms with Crippen LogP contribution in [0.2, 0.25) is 0 Å². The topological polar surface area (TPSA) is 32.3 Å². The molecule has 1 rings (SSSR count). The lowest BCUT2D eigenvalue weighted by Crippen LogP contribution is -2.39. The van der Waals surface area contributed by atoms with Gasteiger partial charge in [-0.3, -0.25) is 0 Å². The predicted molar refractivity (Wildman–Crippen MR) is 64.9 cm³/mol. The number of hydrogen-bond acceptors (Lipinski definition) is 2. The summed E-state index contributed by atoms with van der Waals surface area (Å²) >= 11 is 0. The minimum absolute atomic E-state index is 0.384. The van der Waals surface area contributed by atoms with Crippen molar-refractivity contribution in [1.29, 1.82) is 0 Å². The summed E-state index contributed by atoms with van der Waals surface area (Å²) in [4.78, 5) is 0. The van der Waals surface area contributed by atoms with E-state index in [0.29, 0.717) is 5.41 Å². The van der Waals surface area contributed by atoms with E-state index in [0.717, 1.165) is 31.7 Å². The van der Waals surface area contributed by atoms with E-state index in [1.54, 1.807) is 0 Å². The van der Waals surface area contributed by atoms with Crippen LogP contribution in [0.25, 0.3) is 0 Å². The van der Waals surface area contributed by atoms with Gasteiger partial charge in [0.1, 0.15) is 0 Å². The molecule has 2 N–H and O–H groups in total. The molecule has 1 aliphatic rings. The van der Waals surface area contributed by atoms with E-state index in [1.807, 2.05) is 7.05 Å². The molecular formula is C13H27NO. The van der Waals surface area contributed by atoms with Crippen molar-refractivity contribution in [2.75, 3.05) is 13.6 Å². The average Bonchev–Trinajstić information content (AvgIpc) is 2.14. The van der Waals surface area contributed by atoms with Gasteiger partial charge in [0.25, 0.3) is 0 Å². The van der Waals surface area contributed by atoms with Crippen LogP contribution in [0.15, 0.2) is 0 Å². The Morgan fingerprint density at radius 1 is 1.27 bits per heavy atom. The van der Waals surface area contributed by atoms with Gasteiger partial charge >= 0.3 is 0 Å². The van der Waals surface area contributed by atoms with Gasteiger partial charge in [0.2, 0.25) is 0 Å². The molecule has 0 aliphatic heterocycles. The van der Waals surface area contributed by atoms with Crippen molar-refractivity contribution in [2.24, 2.45) is 11.3 Å². The van der Waals surface area contributed by atoms with E-state index < -0.39 is 0 Å². The van der Waals surface area contributed by atoms with Crippen molar-refractivity contribution in [3.63, 3.8) is 0 Å². The number of hydrogen-bond donors (Lipinski definition) is 2. The monoisotopic (exact) mass is 213 g/mol. The van der Waals surface area contributed by atoms with Crippen LogP contribution in [0, 0.1) is 11.3 Å². The quantitative estimate of drug-likeness (QED) is 0.755. The molecule has 0 amide bonds. The molecule has 0 atom stereocenters. The summed E-state index contributed by atoms with van der Waals surface area (Å²) in [7, 11) is 1.95. The summed E-state index contributed by atoms with van der Waals surface area (Å²) in [6.07, 6.45) is 5.24. The molecule has 0 bridgehead atoms. The zero-order chi connectivity index (χ0) is 11.5. The molecule has 15 heavy (non-hydrogen) atoms. The van der Waals surface area contributed by atoms with Gasteiger partial charge in [-0.25, -0.2) is 0 Å². The number of nitrogens with one attached hydrogen (secondary N) is 1. The van der Waals surface area contributed by atoms with E-state index in [9.17, 15) is 5.11 Å². The maximum Gasteiger partial charge on any atom is 0.0660 e. The van der Waals surface area contributed by atoms with Crippen molar-refractivity contribution in [2.45, 2.75) is 58.5 Å². The van der Waals surface area contributed by atoms with E-state index in [2.05, 4.69) is 26.1 Å². The van der Waals surface area contributed by atoms with Gasteiger partial charge in [-0.05, 0) is 57.0 Å². The normalized spacial score (nSPS) is 33.0. The highest BCUT2D eigenvalue weighted by Gasteiger charge is 2.36. The molecule has 0 heterocycles. The van der Waals surface area contributed by atoms with Gasteiger partial charge < -0.3 is 10.4 Å². The molecular weight excluding hydrogens is 186 g/mol. The summed E-state index contributed by atoms with van der Waals surface area (Å²) < 4.78 is 0. The fourth-order valence-corrected chi connectivity index (χ4v) is 2.63. The summed E-state index contributed by atoms with van der Waals surface area (Å²) in [6.45, 7) is 7.87. The van der Waals surface area contributed by atoms with Gasteiger partial charge in [0.15, 0.2) is 0 Å². The Hall–Kier alpha value is -0.0800. The van der Waals surface area contributed by atoms with E-state index >= 15 is 0 Å². The first-order valence-electron chi connectivity index (χ1n) is 6.24. The molecule has 0 saturated heterocycles. The molecule has 0 spiro atoms. The van der Waals surface area contributed by atoms with Crippen LogP contribution in [0.5, 0.6) is 0 Å². The van der Waals surface area contributed by atoms with Gasteiger partial charge in [0.05, 0.1) is 5.60 Å². The Labute approximate surface area is 94.5 Å². The van der Waals surface area contributed by atoms with Crippen LogP contribution < -0.4 is 5.32 Å². The minimum atomic E-state index is -0.384. The first kappa shape index (κ1) is 13.0. The van der Waals surface area contributed by atoms with Gasteiger partial charge in [-0.2, -0.15) is 0 Å². The van der Waals surface area contributed by atoms with E-state index in [1.165, 1.54) is 12.8 Å². The van der Waals surface area contributed by atoms with Crippen molar-refractivity contribution < 1.29 is 5.11 Å². The summed E-state index contributed by atoms with van der Waals surface area (Å²) in [5.74, 6) is 0.785. The lowest BCUT2D eigenvalue weighted by Gasteiger charge is -2.41. The van der Waals surface area contributed by atoms with Crippen LogP contribution in [-0.4, -0.2) is 24.3 Å². The Morgan fingerprint density at radius 3 is 2.20 bits per heavy atom. The van der Waals surface area contributed by atoms with Crippen LogP contribution in [0.4, 0.5) is 0 Å². The minimum Gasteiger partial charge on any atom is -0.390 e. The van der Waals surface area contributed by atoms with E-state index in [4.69, 9.17) is 0 Å². The molecule has 0 aromatic rings. The summed E-state index contributed by atoms with van der Waals surface area (Å²) in [6, 6.07) is 0. The fourth-order valence-electron chi connectivity index (χ4n) is 2.63.